The highest BCUT2D eigenvalue weighted by atomic mass is 19.3. The predicted octanol–water partition coefficient (Wildman–Crippen LogP) is 4.51. The van der Waals surface area contributed by atoms with Gasteiger partial charge in [0, 0.05) is 16.7 Å². The van der Waals surface area contributed by atoms with Gasteiger partial charge in [0.25, 0.3) is 0 Å². The third-order valence-electron chi connectivity index (χ3n) is 3.98. The Kier molecular flexibility index (Phi) is 4.60. The van der Waals surface area contributed by atoms with E-state index in [1.807, 2.05) is 6.07 Å². The van der Waals surface area contributed by atoms with Gasteiger partial charge >= 0.3 is 6.61 Å². The molecule has 1 aliphatic rings. The van der Waals surface area contributed by atoms with Gasteiger partial charge in [0.05, 0.1) is 7.11 Å². The van der Waals surface area contributed by atoms with Crippen LogP contribution in [-0.4, -0.2) is 19.5 Å². The van der Waals surface area contributed by atoms with Crippen molar-refractivity contribution in [3.8, 4) is 11.5 Å². The zero-order valence-electron chi connectivity index (χ0n) is 13.1. The maximum atomic E-state index is 12.7. The van der Waals surface area contributed by atoms with Crippen molar-refractivity contribution in [2.24, 2.45) is 0 Å². The minimum atomic E-state index is -2.90. The molecule has 2 aromatic carbocycles. The van der Waals surface area contributed by atoms with E-state index in [0.29, 0.717) is 35.3 Å². The average molecular weight is 330 g/mol. The first-order chi connectivity index (χ1) is 11.6. The molecule has 3 rings (SSSR count). The number of fused-ring (bicyclic) bond motifs is 1. The Hall–Kier alpha value is -2.69. The van der Waals surface area contributed by atoms with E-state index in [4.69, 9.17) is 4.74 Å². The highest BCUT2D eigenvalue weighted by Gasteiger charge is 2.22. The largest absolute Gasteiger partial charge is 0.497 e. The number of para-hydroxylation sites is 1. The molecule has 0 spiro atoms. The van der Waals surface area contributed by atoms with Gasteiger partial charge in [-0.25, -0.2) is 0 Å². The minimum absolute atomic E-state index is 0.0633. The molecule has 0 saturated carbocycles. The van der Waals surface area contributed by atoms with Gasteiger partial charge in [-0.3, -0.25) is 4.79 Å². The lowest BCUT2D eigenvalue weighted by Gasteiger charge is -2.18. The highest BCUT2D eigenvalue weighted by molar-refractivity contribution is 6.13. The molecule has 0 heterocycles. The van der Waals surface area contributed by atoms with E-state index in [2.05, 4.69) is 4.74 Å². The smallest absolute Gasteiger partial charge is 0.387 e. The number of aryl methyl sites for hydroxylation is 1. The number of benzene rings is 2. The monoisotopic (exact) mass is 330 g/mol. The fourth-order valence-electron chi connectivity index (χ4n) is 2.81. The number of allylic oxidation sites excluding steroid dienone is 1. The van der Waals surface area contributed by atoms with Crippen LogP contribution in [0.15, 0.2) is 48.0 Å². The Balaban J connectivity index is 1.94. The first-order valence-corrected chi connectivity index (χ1v) is 7.54. The van der Waals surface area contributed by atoms with Crippen LogP contribution in [0.5, 0.6) is 11.5 Å². The maximum absolute atomic E-state index is 12.7. The van der Waals surface area contributed by atoms with Gasteiger partial charge < -0.3 is 9.47 Å². The summed E-state index contributed by atoms with van der Waals surface area (Å²) in [5.74, 6) is 0.684. The third-order valence-corrected chi connectivity index (χ3v) is 3.98. The van der Waals surface area contributed by atoms with Crippen molar-refractivity contribution in [1.29, 1.82) is 0 Å². The number of ether oxygens (including phenoxy) is 2. The van der Waals surface area contributed by atoms with Crippen LogP contribution in [0.25, 0.3) is 6.08 Å². The van der Waals surface area contributed by atoms with Crippen LogP contribution in [0, 0.1) is 0 Å². The van der Waals surface area contributed by atoms with Crippen LogP contribution >= 0.6 is 0 Å². The number of carbonyl (C=O) groups excluding carboxylic acids is 1. The summed E-state index contributed by atoms with van der Waals surface area (Å²) < 4.78 is 34.7. The Labute approximate surface area is 138 Å². The molecule has 0 bridgehead atoms. The molecule has 1 aliphatic carbocycles. The molecule has 0 fully saturated rings. The minimum Gasteiger partial charge on any atom is -0.497 e. The fourth-order valence-corrected chi connectivity index (χ4v) is 2.81. The molecular weight excluding hydrogens is 314 g/mol. The van der Waals surface area contributed by atoms with Gasteiger partial charge in [0.2, 0.25) is 0 Å². The van der Waals surface area contributed by atoms with Crippen molar-refractivity contribution < 1.29 is 23.0 Å². The summed E-state index contributed by atoms with van der Waals surface area (Å²) in [5.41, 5.74) is 2.62. The zero-order valence-corrected chi connectivity index (χ0v) is 13.1. The lowest BCUT2D eigenvalue weighted by molar-refractivity contribution is -0.0499. The maximum Gasteiger partial charge on any atom is 0.387 e. The molecule has 2 aromatic rings. The number of ketones is 1. The van der Waals surface area contributed by atoms with Crippen molar-refractivity contribution in [1.82, 2.24) is 0 Å². The molecule has 0 radical (unpaired) electrons. The first-order valence-electron chi connectivity index (χ1n) is 7.54. The molecule has 0 saturated heterocycles. The normalized spacial score (nSPS) is 15.5. The molecule has 5 heteroatoms. The van der Waals surface area contributed by atoms with E-state index in [-0.39, 0.29) is 11.5 Å². The summed E-state index contributed by atoms with van der Waals surface area (Å²) in [6, 6.07) is 11.8. The topological polar surface area (TPSA) is 35.5 Å². The molecule has 0 amide bonds. The van der Waals surface area contributed by atoms with Crippen LogP contribution in [-0.2, 0) is 6.42 Å². The van der Waals surface area contributed by atoms with Crippen molar-refractivity contribution in [2.75, 3.05) is 7.11 Å². The standard InChI is InChI=1S/C19H16F2O3/c1-23-15-8-9-16-12(11-15)6-7-14(18(16)22)10-13-4-2-3-5-17(13)24-19(20)21/h2-5,8-11,19H,6-7H2,1H3/b14-10-. The van der Waals surface area contributed by atoms with Gasteiger partial charge in [-0.15, -0.1) is 0 Å². The van der Waals surface area contributed by atoms with E-state index in [1.165, 1.54) is 6.07 Å². The fraction of sp³-hybridized carbons (Fsp3) is 0.211. The number of alkyl halides is 2. The average Bonchev–Trinajstić information content (AvgIpc) is 2.58. The second kappa shape index (κ2) is 6.83. The number of methoxy groups -OCH3 is 1. The van der Waals surface area contributed by atoms with Crippen molar-refractivity contribution >= 4 is 11.9 Å². The summed E-state index contributed by atoms with van der Waals surface area (Å²) in [6.45, 7) is -2.90. The highest BCUT2D eigenvalue weighted by Crippen LogP contribution is 2.31. The van der Waals surface area contributed by atoms with Gasteiger partial charge in [-0.1, -0.05) is 18.2 Å². The number of carbonyl (C=O) groups is 1. The number of Topliss-reactive ketones (excluding diaryl/α,β-unsaturated/α-hetero) is 1. The summed E-state index contributed by atoms with van der Waals surface area (Å²) in [6.07, 6.45) is 2.87. The predicted molar refractivity (Wildman–Crippen MR) is 86.7 cm³/mol. The van der Waals surface area contributed by atoms with Crippen molar-refractivity contribution in [3.63, 3.8) is 0 Å². The summed E-state index contributed by atoms with van der Waals surface area (Å²) in [5, 5.41) is 0. The summed E-state index contributed by atoms with van der Waals surface area (Å²) in [7, 11) is 1.58. The first kappa shape index (κ1) is 16.2. The van der Waals surface area contributed by atoms with Gasteiger partial charge in [-0.2, -0.15) is 8.78 Å². The summed E-state index contributed by atoms with van der Waals surface area (Å²) in [4.78, 5) is 12.7. The van der Waals surface area contributed by atoms with Crippen LogP contribution in [0.1, 0.15) is 27.9 Å². The van der Waals surface area contributed by atoms with Crippen LogP contribution in [0.3, 0.4) is 0 Å². The Morgan fingerprint density at radius 2 is 1.92 bits per heavy atom. The Morgan fingerprint density at radius 1 is 1.12 bits per heavy atom. The molecular formula is C19H16F2O3. The second-order valence-electron chi connectivity index (χ2n) is 5.44. The number of halogens is 2. The van der Waals surface area contributed by atoms with E-state index in [1.54, 1.807) is 43.5 Å². The molecule has 0 atom stereocenters. The van der Waals surface area contributed by atoms with Crippen molar-refractivity contribution in [3.05, 3.63) is 64.7 Å². The Bertz CT molecular complexity index is 797. The number of hydrogen-bond acceptors (Lipinski definition) is 3. The lowest BCUT2D eigenvalue weighted by Crippen LogP contribution is -2.14. The molecule has 0 aliphatic heterocycles. The molecule has 24 heavy (non-hydrogen) atoms. The molecule has 3 nitrogen and oxygen atoms in total. The number of hydrogen-bond donors (Lipinski definition) is 0. The quantitative estimate of drug-likeness (QED) is 0.774. The zero-order chi connectivity index (χ0) is 17.1. The molecule has 0 unspecified atom stereocenters. The van der Waals surface area contributed by atoms with Crippen LogP contribution < -0.4 is 9.47 Å². The van der Waals surface area contributed by atoms with E-state index < -0.39 is 6.61 Å². The van der Waals surface area contributed by atoms with Gasteiger partial charge in [-0.05, 0) is 48.7 Å². The number of rotatable bonds is 4. The molecule has 0 aromatic heterocycles. The van der Waals surface area contributed by atoms with E-state index in [0.717, 1.165) is 5.56 Å². The SMILES string of the molecule is COc1ccc2c(c1)CC/C(=C/c1ccccc1OC(F)F)C2=O. The van der Waals surface area contributed by atoms with Crippen molar-refractivity contribution in [2.45, 2.75) is 19.5 Å². The van der Waals surface area contributed by atoms with E-state index >= 15 is 0 Å². The Morgan fingerprint density at radius 3 is 2.67 bits per heavy atom. The lowest BCUT2D eigenvalue weighted by atomic mass is 9.86. The second-order valence-corrected chi connectivity index (χ2v) is 5.44. The van der Waals surface area contributed by atoms with Crippen LogP contribution in [0.2, 0.25) is 0 Å². The summed E-state index contributed by atoms with van der Waals surface area (Å²) >= 11 is 0. The molecule has 124 valence electrons. The van der Waals surface area contributed by atoms with E-state index in [9.17, 15) is 13.6 Å². The van der Waals surface area contributed by atoms with Gasteiger partial charge in [0.1, 0.15) is 11.5 Å². The van der Waals surface area contributed by atoms with Gasteiger partial charge in [0.15, 0.2) is 5.78 Å². The van der Waals surface area contributed by atoms with Crippen LogP contribution in [0.4, 0.5) is 8.78 Å². The third kappa shape index (κ3) is 3.30. The molecule has 0 N–H and O–H groups in total.